The van der Waals surface area contributed by atoms with Gasteiger partial charge in [-0.15, -0.1) is 36.2 Å². The summed E-state index contributed by atoms with van der Waals surface area (Å²) >= 11 is 1.38. The van der Waals surface area contributed by atoms with Crippen LogP contribution in [0.5, 0.6) is 5.75 Å². The molecule has 2 fully saturated rings. The van der Waals surface area contributed by atoms with Crippen LogP contribution in [0, 0.1) is 0 Å². The molecular weight excluding hydrogens is 607 g/mol. The van der Waals surface area contributed by atoms with Gasteiger partial charge in [0.25, 0.3) is 11.8 Å². The number of benzene rings is 2. The van der Waals surface area contributed by atoms with Gasteiger partial charge in [-0.05, 0) is 80.5 Å². The summed E-state index contributed by atoms with van der Waals surface area (Å²) in [6.07, 6.45) is 7.29. The molecule has 11 heteroatoms. The minimum absolute atomic E-state index is 0. The first kappa shape index (κ1) is 34.8. The summed E-state index contributed by atoms with van der Waals surface area (Å²) in [5, 5.41) is 9.10. The lowest BCUT2D eigenvalue weighted by atomic mass is 10.0. The molecule has 0 atom stereocenters. The second-order valence-corrected chi connectivity index (χ2v) is 11.7. The lowest BCUT2D eigenvalue weighted by Crippen LogP contribution is -2.48. The van der Waals surface area contributed by atoms with Crippen molar-refractivity contribution in [2.24, 2.45) is 0 Å². The third-order valence-electron chi connectivity index (χ3n) is 7.95. The topological polar surface area (TPSA) is 92.8 Å². The summed E-state index contributed by atoms with van der Waals surface area (Å²) in [4.78, 5) is 32.6. The van der Waals surface area contributed by atoms with E-state index in [1.807, 2.05) is 16.3 Å². The Morgan fingerprint density at radius 2 is 1.67 bits per heavy atom. The average molecular weight is 650 g/mol. The Balaban J connectivity index is 0.00000253. The smallest absolute Gasteiger partial charge is 0.257 e. The van der Waals surface area contributed by atoms with Crippen LogP contribution < -0.4 is 15.4 Å². The third-order valence-corrected chi connectivity index (χ3v) is 8.71. The number of likely N-dealkylation sites (tertiary alicyclic amines) is 1. The maximum absolute atomic E-state index is 13.1. The number of ether oxygens (including phenoxy) is 2. The monoisotopic (exact) mass is 648 g/mol. The van der Waals surface area contributed by atoms with Crippen LogP contribution in [-0.4, -0.2) is 67.2 Å². The quantitative estimate of drug-likeness (QED) is 0.256. The van der Waals surface area contributed by atoms with E-state index in [4.69, 9.17) is 9.47 Å². The number of carbonyl (C=O) groups is 2. The molecule has 2 aliphatic heterocycles. The van der Waals surface area contributed by atoms with Crippen molar-refractivity contribution >= 4 is 53.1 Å². The Hall–Kier alpha value is -2.69. The molecule has 2 amide bonds. The zero-order chi connectivity index (χ0) is 28.6. The number of nitrogens with one attached hydrogen (secondary N) is 2. The maximum atomic E-state index is 13.1. The minimum Gasteiger partial charge on any atom is -0.496 e. The Morgan fingerprint density at radius 1 is 1.00 bits per heavy atom. The number of hydrogen-bond acceptors (Lipinski definition) is 7. The lowest BCUT2D eigenvalue weighted by Gasteiger charge is -2.35. The Labute approximate surface area is 270 Å². The first-order valence-electron chi connectivity index (χ1n) is 14.7. The first-order chi connectivity index (χ1) is 20.0. The van der Waals surface area contributed by atoms with E-state index in [-0.39, 0.29) is 36.6 Å². The SMILES string of the molecule is CCCCc1ccc(OC)c(-c2csc(NC(=O)c3ccc(C(=O)N4CCC(NC5CCOCC5)CC4)cc3)n2)c1.Cl.Cl. The zero-order valence-corrected chi connectivity index (χ0v) is 27.3. The summed E-state index contributed by atoms with van der Waals surface area (Å²) < 4.78 is 11.0. The minimum atomic E-state index is -0.256. The van der Waals surface area contributed by atoms with Crippen LogP contribution in [-0.2, 0) is 11.2 Å². The van der Waals surface area contributed by atoms with Gasteiger partial charge in [-0.25, -0.2) is 4.98 Å². The number of amides is 2. The number of aromatic nitrogens is 1. The Morgan fingerprint density at radius 3 is 2.35 bits per heavy atom. The molecule has 0 unspecified atom stereocenters. The largest absolute Gasteiger partial charge is 0.496 e. The van der Waals surface area contributed by atoms with Crippen LogP contribution in [0.2, 0.25) is 0 Å². The Bertz CT molecular complexity index is 1320. The molecule has 2 saturated heterocycles. The van der Waals surface area contributed by atoms with Gasteiger partial charge in [0.05, 0.1) is 12.8 Å². The highest BCUT2D eigenvalue weighted by atomic mass is 35.5. The van der Waals surface area contributed by atoms with Gasteiger partial charge in [-0.3, -0.25) is 14.9 Å². The van der Waals surface area contributed by atoms with E-state index in [2.05, 4.69) is 34.7 Å². The van der Waals surface area contributed by atoms with Crippen molar-refractivity contribution in [2.45, 2.75) is 64.0 Å². The Kier molecular flexibility index (Phi) is 13.7. The standard InChI is InChI=1S/C32H40N4O4S.2ClH/c1-3-4-5-22-6-11-29(39-2)27(20-22)28-21-41-32(34-28)35-30(37)23-7-9-24(10-8-23)31(38)36-16-12-25(13-17-36)33-26-14-18-40-19-15-26;;/h6-11,20-21,25-26,33H,3-5,12-19H2,1-2H3,(H,34,35,37);2*1H. The molecular formula is C32H42Cl2N4O4S. The maximum Gasteiger partial charge on any atom is 0.257 e. The van der Waals surface area contributed by atoms with Crippen molar-refractivity contribution in [1.29, 1.82) is 0 Å². The van der Waals surface area contributed by atoms with Gasteiger partial charge in [0.15, 0.2) is 5.13 Å². The first-order valence-corrected chi connectivity index (χ1v) is 15.6. The molecule has 3 aromatic rings. The normalized spacial score (nSPS) is 15.7. The molecule has 0 saturated carbocycles. The van der Waals surface area contributed by atoms with Gasteiger partial charge in [0.2, 0.25) is 0 Å². The van der Waals surface area contributed by atoms with Gasteiger partial charge in [-0.2, -0.15) is 0 Å². The molecule has 43 heavy (non-hydrogen) atoms. The number of carbonyl (C=O) groups excluding carboxylic acids is 2. The van der Waals surface area contributed by atoms with E-state index in [1.165, 1.54) is 16.9 Å². The van der Waals surface area contributed by atoms with E-state index < -0.39 is 0 Å². The van der Waals surface area contributed by atoms with Crippen molar-refractivity contribution in [3.05, 3.63) is 64.5 Å². The fourth-order valence-corrected chi connectivity index (χ4v) is 6.22. The number of methoxy groups -OCH3 is 1. The number of rotatable bonds is 10. The number of nitrogens with zero attached hydrogens (tertiary/aromatic N) is 2. The van der Waals surface area contributed by atoms with E-state index in [0.717, 1.165) is 88.3 Å². The summed E-state index contributed by atoms with van der Waals surface area (Å²) in [7, 11) is 1.65. The molecule has 0 bridgehead atoms. The average Bonchev–Trinajstić information content (AvgIpc) is 3.48. The van der Waals surface area contributed by atoms with Gasteiger partial charge in [-0.1, -0.05) is 19.4 Å². The van der Waals surface area contributed by atoms with Crippen molar-refractivity contribution in [2.75, 3.05) is 38.7 Å². The highest BCUT2D eigenvalue weighted by Gasteiger charge is 2.26. The summed E-state index contributed by atoms with van der Waals surface area (Å²) in [5.74, 6) is 0.517. The van der Waals surface area contributed by atoms with E-state index in [9.17, 15) is 9.59 Å². The molecule has 0 spiro atoms. The molecule has 5 rings (SSSR count). The predicted molar refractivity (Wildman–Crippen MR) is 178 cm³/mol. The van der Waals surface area contributed by atoms with E-state index in [0.29, 0.717) is 28.3 Å². The van der Waals surface area contributed by atoms with Crippen molar-refractivity contribution in [3.8, 4) is 17.0 Å². The number of piperidine rings is 1. The van der Waals surface area contributed by atoms with Crippen molar-refractivity contribution < 1.29 is 19.1 Å². The molecule has 2 aliphatic rings. The van der Waals surface area contributed by atoms with Crippen LogP contribution in [0.15, 0.2) is 47.8 Å². The van der Waals surface area contributed by atoms with Crippen LogP contribution >= 0.6 is 36.2 Å². The molecule has 3 heterocycles. The molecule has 1 aromatic heterocycles. The predicted octanol–water partition coefficient (Wildman–Crippen LogP) is 6.63. The molecule has 234 valence electrons. The number of thiazole rings is 1. The summed E-state index contributed by atoms with van der Waals surface area (Å²) in [6, 6.07) is 14.1. The highest BCUT2D eigenvalue weighted by Crippen LogP contribution is 2.33. The van der Waals surface area contributed by atoms with Crippen LogP contribution in [0.3, 0.4) is 0 Å². The molecule has 2 aromatic carbocycles. The molecule has 8 nitrogen and oxygen atoms in total. The van der Waals surface area contributed by atoms with E-state index in [1.54, 1.807) is 31.4 Å². The number of anilines is 1. The third kappa shape index (κ3) is 9.16. The van der Waals surface area contributed by atoms with Gasteiger partial charge in [0.1, 0.15) is 5.75 Å². The molecule has 2 N–H and O–H groups in total. The fourth-order valence-electron chi connectivity index (χ4n) is 5.51. The number of aryl methyl sites for hydroxylation is 1. The number of unbranched alkanes of at least 4 members (excludes halogenated alkanes) is 1. The summed E-state index contributed by atoms with van der Waals surface area (Å²) in [5.41, 5.74) is 4.02. The molecule has 0 aliphatic carbocycles. The molecule has 0 radical (unpaired) electrons. The van der Waals surface area contributed by atoms with Crippen LogP contribution in [0.25, 0.3) is 11.3 Å². The van der Waals surface area contributed by atoms with Crippen molar-refractivity contribution in [3.63, 3.8) is 0 Å². The second-order valence-electron chi connectivity index (χ2n) is 10.8. The van der Waals surface area contributed by atoms with Crippen molar-refractivity contribution in [1.82, 2.24) is 15.2 Å². The highest BCUT2D eigenvalue weighted by molar-refractivity contribution is 7.14. The fraction of sp³-hybridized carbons (Fsp3) is 0.469. The zero-order valence-electron chi connectivity index (χ0n) is 24.8. The van der Waals surface area contributed by atoms with Gasteiger partial charge >= 0.3 is 0 Å². The van der Waals surface area contributed by atoms with Gasteiger partial charge < -0.3 is 19.7 Å². The number of halogens is 2. The van der Waals surface area contributed by atoms with Crippen LogP contribution in [0.4, 0.5) is 5.13 Å². The van der Waals surface area contributed by atoms with Gasteiger partial charge in [0, 0.05) is 60.5 Å². The van der Waals surface area contributed by atoms with E-state index >= 15 is 0 Å². The number of hydrogen-bond donors (Lipinski definition) is 2. The van der Waals surface area contributed by atoms with Crippen LogP contribution in [0.1, 0.15) is 71.7 Å². The summed E-state index contributed by atoms with van der Waals surface area (Å²) in [6.45, 7) is 5.32. The lowest BCUT2D eigenvalue weighted by molar-refractivity contribution is 0.0631. The second kappa shape index (κ2) is 17.0.